The number of benzene rings is 1. The minimum absolute atomic E-state index is 0.322. The van der Waals surface area contributed by atoms with Gasteiger partial charge in [0, 0.05) is 5.56 Å². The lowest BCUT2D eigenvalue weighted by atomic mass is 10.1. The molecule has 64 valence electrons. The number of aryl methyl sites for hydroxylation is 1. The molecule has 0 saturated heterocycles. The maximum atomic E-state index is 12.9. The van der Waals surface area contributed by atoms with Crippen molar-refractivity contribution in [3.05, 3.63) is 33.5 Å². The second-order valence-corrected chi connectivity index (χ2v) is 3.29. The monoisotopic (exact) mass is 230 g/mol. The molecule has 0 aromatic heterocycles. The summed E-state index contributed by atoms with van der Waals surface area (Å²) >= 11 is 3.02. The van der Waals surface area contributed by atoms with E-state index < -0.39 is 0 Å². The van der Waals surface area contributed by atoms with E-state index in [1.807, 2.05) is 6.92 Å². The molecule has 0 aliphatic carbocycles. The summed E-state index contributed by atoms with van der Waals surface area (Å²) in [5, 5.41) is 0. The van der Waals surface area contributed by atoms with Gasteiger partial charge in [-0.15, -0.1) is 0 Å². The maximum Gasteiger partial charge on any atom is 0.150 e. The number of carbonyl (C=O) groups is 1. The van der Waals surface area contributed by atoms with E-state index in [4.69, 9.17) is 0 Å². The first-order valence-corrected chi connectivity index (χ1v) is 4.41. The molecule has 1 rings (SSSR count). The summed E-state index contributed by atoms with van der Waals surface area (Å²) in [7, 11) is 0. The second-order valence-electron chi connectivity index (χ2n) is 2.44. The lowest BCUT2D eigenvalue weighted by Gasteiger charge is -2.02. The molecule has 3 heteroatoms. The van der Waals surface area contributed by atoms with Gasteiger partial charge in [0.15, 0.2) is 0 Å². The predicted molar refractivity (Wildman–Crippen MR) is 48.9 cm³/mol. The van der Waals surface area contributed by atoms with Crippen LogP contribution >= 0.6 is 15.9 Å². The Kier molecular flexibility index (Phi) is 2.98. The van der Waals surface area contributed by atoms with Crippen LogP contribution in [-0.4, -0.2) is 6.29 Å². The average Bonchev–Trinajstić information content (AvgIpc) is 2.09. The molecule has 1 aromatic carbocycles. The molecule has 0 radical (unpaired) electrons. The van der Waals surface area contributed by atoms with E-state index >= 15 is 0 Å². The molecule has 0 saturated carbocycles. The highest BCUT2D eigenvalue weighted by molar-refractivity contribution is 9.10. The summed E-state index contributed by atoms with van der Waals surface area (Å²) in [6.07, 6.45) is 1.40. The summed E-state index contributed by atoms with van der Waals surface area (Å²) in [6, 6.07) is 2.88. The van der Waals surface area contributed by atoms with E-state index in [0.717, 1.165) is 11.8 Å². The van der Waals surface area contributed by atoms with Crippen molar-refractivity contribution in [3.63, 3.8) is 0 Å². The Bertz CT molecular complexity index is 310. The van der Waals surface area contributed by atoms with Gasteiger partial charge in [0.1, 0.15) is 12.1 Å². The number of hydrogen-bond acceptors (Lipinski definition) is 1. The zero-order valence-corrected chi connectivity index (χ0v) is 8.19. The van der Waals surface area contributed by atoms with Gasteiger partial charge in [-0.25, -0.2) is 4.39 Å². The Morgan fingerprint density at radius 2 is 2.25 bits per heavy atom. The predicted octanol–water partition coefficient (Wildman–Crippen LogP) is 2.96. The van der Waals surface area contributed by atoms with E-state index in [2.05, 4.69) is 15.9 Å². The molecule has 0 aliphatic heterocycles. The Labute approximate surface area is 78.7 Å². The zero-order valence-electron chi connectivity index (χ0n) is 6.60. The molecule has 12 heavy (non-hydrogen) atoms. The van der Waals surface area contributed by atoms with Gasteiger partial charge in [-0.05, 0) is 40.0 Å². The Hall–Kier alpha value is -0.700. The van der Waals surface area contributed by atoms with Crippen molar-refractivity contribution in [2.45, 2.75) is 13.3 Å². The third-order valence-electron chi connectivity index (χ3n) is 1.69. The van der Waals surface area contributed by atoms with Crippen LogP contribution in [0.1, 0.15) is 22.8 Å². The molecule has 1 aromatic rings. The van der Waals surface area contributed by atoms with Gasteiger partial charge in [-0.2, -0.15) is 0 Å². The minimum Gasteiger partial charge on any atom is -0.298 e. The van der Waals surface area contributed by atoms with Crippen LogP contribution in [0.2, 0.25) is 0 Å². The van der Waals surface area contributed by atoms with Gasteiger partial charge in [0.2, 0.25) is 0 Å². The topological polar surface area (TPSA) is 17.1 Å². The van der Waals surface area contributed by atoms with Crippen LogP contribution in [0.15, 0.2) is 16.6 Å². The third-order valence-corrected chi connectivity index (χ3v) is 2.30. The summed E-state index contributed by atoms with van der Waals surface area (Å²) in [5.41, 5.74) is 1.29. The fraction of sp³-hybridized carbons (Fsp3) is 0.222. The fourth-order valence-electron chi connectivity index (χ4n) is 1.02. The quantitative estimate of drug-likeness (QED) is 0.715. The average molecular weight is 231 g/mol. The second kappa shape index (κ2) is 3.81. The summed E-state index contributed by atoms with van der Waals surface area (Å²) in [5.74, 6) is -0.322. The Morgan fingerprint density at radius 3 is 2.75 bits per heavy atom. The Morgan fingerprint density at radius 1 is 1.58 bits per heavy atom. The summed E-state index contributed by atoms with van der Waals surface area (Å²) in [6.45, 7) is 1.88. The van der Waals surface area contributed by atoms with Crippen molar-refractivity contribution < 1.29 is 9.18 Å². The van der Waals surface area contributed by atoms with Gasteiger partial charge >= 0.3 is 0 Å². The normalized spacial score (nSPS) is 9.92. The molecule has 1 nitrogen and oxygen atoms in total. The molecule has 0 bridgehead atoms. The first-order valence-electron chi connectivity index (χ1n) is 3.62. The van der Waals surface area contributed by atoms with E-state index in [9.17, 15) is 9.18 Å². The molecule has 0 spiro atoms. The Balaban J connectivity index is 3.28. The van der Waals surface area contributed by atoms with Crippen molar-refractivity contribution in [1.29, 1.82) is 0 Å². The summed E-state index contributed by atoms with van der Waals surface area (Å²) < 4.78 is 13.3. The third kappa shape index (κ3) is 1.72. The van der Waals surface area contributed by atoms with Crippen LogP contribution in [0, 0.1) is 5.82 Å². The van der Waals surface area contributed by atoms with Gasteiger partial charge in [0.25, 0.3) is 0 Å². The van der Waals surface area contributed by atoms with Crippen molar-refractivity contribution in [2.24, 2.45) is 0 Å². The SMILES string of the molecule is CCc1cc(F)c(Br)cc1C=O. The number of rotatable bonds is 2. The fourth-order valence-corrected chi connectivity index (χ4v) is 1.38. The number of carbonyl (C=O) groups excluding carboxylic acids is 1. The number of hydrogen-bond donors (Lipinski definition) is 0. The van der Waals surface area contributed by atoms with E-state index in [1.54, 1.807) is 0 Å². The molecular formula is C9H8BrFO. The van der Waals surface area contributed by atoms with Crippen LogP contribution in [0.4, 0.5) is 4.39 Å². The van der Waals surface area contributed by atoms with Crippen molar-refractivity contribution >= 4 is 22.2 Å². The van der Waals surface area contributed by atoms with Gasteiger partial charge in [0.05, 0.1) is 4.47 Å². The van der Waals surface area contributed by atoms with Crippen molar-refractivity contribution in [3.8, 4) is 0 Å². The molecule has 0 heterocycles. The van der Waals surface area contributed by atoms with Gasteiger partial charge < -0.3 is 0 Å². The maximum absolute atomic E-state index is 12.9. The van der Waals surface area contributed by atoms with E-state index in [0.29, 0.717) is 16.5 Å². The van der Waals surface area contributed by atoms with Crippen LogP contribution in [-0.2, 0) is 6.42 Å². The first-order chi connectivity index (χ1) is 5.69. The molecule has 0 amide bonds. The highest BCUT2D eigenvalue weighted by Crippen LogP contribution is 2.20. The van der Waals surface area contributed by atoms with Crippen molar-refractivity contribution in [1.82, 2.24) is 0 Å². The largest absolute Gasteiger partial charge is 0.298 e. The highest BCUT2D eigenvalue weighted by Gasteiger charge is 2.05. The molecule has 0 atom stereocenters. The van der Waals surface area contributed by atoms with Crippen molar-refractivity contribution in [2.75, 3.05) is 0 Å². The summed E-state index contributed by atoms with van der Waals surface area (Å²) in [4.78, 5) is 10.5. The molecule has 0 unspecified atom stereocenters. The van der Waals surface area contributed by atoms with Gasteiger partial charge in [-0.3, -0.25) is 4.79 Å². The van der Waals surface area contributed by atoms with Crippen LogP contribution in [0.25, 0.3) is 0 Å². The van der Waals surface area contributed by atoms with Crippen LogP contribution in [0.3, 0.4) is 0 Å². The van der Waals surface area contributed by atoms with Crippen LogP contribution < -0.4 is 0 Å². The first kappa shape index (κ1) is 9.39. The number of halogens is 2. The molecule has 0 N–H and O–H groups in total. The minimum atomic E-state index is -0.322. The lowest BCUT2D eigenvalue weighted by molar-refractivity contribution is 0.112. The highest BCUT2D eigenvalue weighted by atomic mass is 79.9. The molecule has 0 aliphatic rings. The lowest BCUT2D eigenvalue weighted by Crippen LogP contribution is -1.92. The van der Waals surface area contributed by atoms with E-state index in [-0.39, 0.29) is 5.82 Å². The van der Waals surface area contributed by atoms with E-state index in [1.165, 1.54) is 12.1 Å². The number of aldehydes is 1. The smallest absolute Gasteiger partial charge is 0.150 e. The zero-order chi connectivity index (χ0) is 9.14. The van der Waals surface area contributed by atoms with Crippen LogP contribution in [0.5, 0.6) is 0 Å². The standard InChI is InChI=1S/C9H8BrFO/c1-2-6-4-9(11)8(10)3-7(6)5-12/h3-5H,2H2,1H3. The van der Waals surface area contributed by atoms with Gasteiger partial charge in [-0.1, -0.05) is 6.92 Å². The molecule has 0 fully saturated rings. The molecular weight excluding hydrogens is 223 g/mol.